The van der Waals surface area contributed by atoms with Gasteiger partial charge in [-0.1, -0.05) is 61.3 Å². The van der Waals surface area contributed by atoms with E-state index in [1.165, 1.54) is 12.1 Å². The first kappa shape index (κ1) is 24.3. The Kier molecular flexibility index (Phi) is 8.43. The molecule has 0 aliphatic heterocycles. The summed E-state index contributed by atoms with van der Waals surface area (Å²) < 4.78 is 28.1. The van der Waals surface area contributed by atoms with Gasteiger partial charge in [-0.15, -0.1) is 0 Å². The maximum absolute atomic E-state index is 12.9. The molecule has 2 aromatic carbocycles. The third kappa shape index (κ3) is 6.28. The molecule has 0 aromatic heterocycles. The molecule has 30 heavy (non-hydrogen) atoms. The van der Waals surface area contributed by atoms with Gasteiger partial charge < -0.3 is 10.2 Å². The molecule has 0 aliphatic rings. The molecular formula is C22H30ClN3O3S. The molecule has 2 N–H and O–H groups in total. The van der Waals surface area contributed by atoms with E-state index >= 15 is 0 Å². The van der Waals surface area contributed by atoms with Gasteiger partial charge >= 0.3 is 0 Å². The van der Waals surface area contributed by atoms with Crippen LogP contribution in [0.25, 0.3) is 0 Å². The van der Waals surface area contributed by atoms with Crippen molar-refractivity contribution in [2.24, 2.45) is 5.92 Å². The minimum absolute atomic E-state index is 0.133. The molecule has 0 saturated carbocycles. The summed E-state index contributed by atoms with van der Waals surface area (Å²) in [6.07, 6.45) is 0. The molecule has 0 fully saturated rings. The summed E-state index contributed by atoms with van der Waals surface area (Å²) in [6, 6.07) is 12.9. The number of nitrogens with zero attached hydrogens (tertiary/aromatic N) is 1. The number of aryl methyl sites for hydroxylation is 1. The lowest BCUT2D eigenvalue weighted by Gasteiger charge is -2.28. The van der Waals surface area contributed by atoms with Crippen molar-refractivity contribution in [2.45, 2.75) is 37.8 Å². The van der Waals surface area contributed by atoms with E-state index < -0.39 is 16.1 Å². The van der Waals surface area contributed by atoms with Crippen molar-refractivity contribution in [2.75, 3.05) is 20.6 Å². The number of halogens is 1. The van der Waals surface area contributed by atoms with Gasteiger partial charge in [-0.3, -0.25) is 4.79 Å². The van der Waals surface area contributed by atoms with Gasteiger partial charge in [0.2, 0.25) is 15.9 Å². The van der Waals surface area contributed by atoms with Crippen molar-refractivity contribution in [1.29, 1.82) is 0 Å². The number of likely N-dealkylation sites (N-methyl/N-ethyl adjacent to an activating group) is 1. The Balaban J connectivity index is 2.15. The normalized spacial score (nSPS) is 14.0. The van der Waals surface area contributed by atoms with Crippen molar-refractivity contribution in [3.63, 3.8) is 0 Å². The van der Waals surface area contributed by atoms with E-state index in [0.717, 1.165) is 11.1 Å². The van der Waals surface area contributed by atoms with Crippen molar-refractivity contribution in [3.8, 4) is 0 Å². The zero-order valence-corrected chi connectivity index (χ0v) is 19.6. The second kappa shape index (κ2) is 10.4. The number of sulfonamides is 1. The SMILES string of the molecule is Cc1ccc(S(=O)(=O)N[C@@H](C(=O)NC[C@@H](c2ccccc2Cl)N(C)C)C(C)C)cc1. The summed E-state index contributed by atoms with van der Waals surface area (Å²) in [5.74, 6) is -0.608. The molecule has 0 aliphatic carbocycles. The molecule has 0 spiro atoms. The van der Waals surface area contributed by atoms with Crippen molar-refractivity contribution in [1.82, 2.24) is 14.9 Å². The smallest absolute Gasteiger partial charge is 0.241 e. The van der Waals surface area contributed by atoms with E-state index in [-0.39, 0.29) is 22.8 Å². The van der Waals surface area contributed by atoms with Gasteiger partial charge in [0.15, 0.2) is 0 Å². The van der Waals surface area contributed by atoms with Crippen LogP contribution < -0.4 is 10.0 Å². The molecule has 0 radical (unpaired) electrons. The zero-order valence-electron chi connectivity index (χ0n) is 18.0. The average Bonchev–Trinajstić information content (AvgIpc) is 2.67. The van der Waals surface area contributed by atoms with Crippen LogP contribution in [-0.2, 0) is 14.8 Å². The highest BCUT2D eigenvalue weighted by atomic mass is 35.5. The third-order valence-corrected chi connectivity index (χ3v) is 6.72. The number of carbonyl (C=O) groups is 1. The quantitative estimate of drug-likeness (QED) is 0.612. The first-order valence-electron chi connectivity index (χ1n) is 9.80. The molecular weight excluding hydrogens is 422 g/mol. The molecule has 2 atom stereocenters. The molecule has 8 heteroatoms. The Hall–Kier alpha value is -1.93. The van der Waals surface area contributed by atoms with Gasteiger partial charge in [-0.05, 0) is 50.7 Å². The monoisotopic (exact) mass is 451 g/mol. The molecule has 2 rings (SSSR count). The van der Waals surface area contributed by atoms with E-state index in [4.69, 9.17) is 11.6 Å². The fourth-order valence-electron chi connectivity index (χ4n) is 3.07. The van der Waals surface area contributed by atoms with Crippen molar-refractivity contribution in [3.05, 3.63) is 64.7 Å². The number of amides is 1. The molecule has 0 saturated heterocycles. The van der Waals surface area contributed by atoms with Crippen LogP contribution in [0, 0.1) is 12.8 Å². The lowest BCUT2D eigenvalue weighted by atomic mass is 10.0. The molecule has 0 bridgehead atoms. The number of rotatable bonds is 9. The van der Waals surface area contributed by atoms with Crippen LogP contribution in [0.5, 0.6) is 0 Å². The number of carbonyl (C=O) groups excluding carboxylic acids is 1. The Morgan fingerprint density at radius 2 is 1.67 bits per heavy atom. The van der Waals surface area contributed by atoms with E-state index in [2.05, 4.69) is 10.0 Å². The molecule has 2 aromatic rings. The van der Waals surface area contributed by atoms with Crippen molar-refractivity contribution < 1.29 is 13.2 Å². The minimum atomic E-state index is -3.82. The van der Waals surface area contributed by atoms with Gasteiger partial charge in [-0.25, -0.2) is 8.42 Å². The summed E-state index contributed by atoms with van der Waals surface area (Å²) >= 11 is 6.33. The van der Waals surface area contributed by atoms with Gasteiger partial charge in [0.25, 0.3) is 0 Å². The Bertz CT molecular complexity index is 960. The standard InChI is InChI=1S/C22H30ClN3O3S/c1-15(2)21(25-30(28,29)17-12-10-16(3)11-13-17)22(27)24-14-20(26(4)5)18-8-6-7-9-19(18)23/h6-13,15,20-21,25H,14H2,1-5H3,(H,24,27)/t20-,21+/m0/s1. The summed E-state index contributed by atoms with van der Waals surface area (Å²) in [6.45, 7) is 5.79. The van der Waals surface area contributed by atoms with Crippen LogP contribution in [0.2, 0.25) is 5.02 Å². The number of nitrogens with one attached hydrogen (secondary N) is 2. The average molecular weight is 452 g/mol. The maximum Gasteiger partial charge on any atom is 0.241 e. The fourth-order valence-corrected chi connectivity index (χ4v) is 4.67. The number of benzene rings is 2. The molecule has 1 amide bonds. The van der Waals surface area contributed by atoms with Gasteiger partial charge in [0.1, 0.15) is 6.04 Å². The highest BCUT2D eigenvalue weighted by Crippen LogP contribution is 2.25. The van der Waals surface area contributed by atoms with Crippen LogP contribution in [-0.4, -0.2) is 45.9 Å². The Morgan fingerprint density at radius 1 is 1.07 bits per heavy atom. The first-order chi connectivity index (χ1) is 14.0. The molecule has 0 unspecified atom stereocenters. The fraction of sp³-hybridized carbons (Fsp3) is 0.409. The molecule has 164 valence electrons. The van der Waals surface area contributed by atoms with Crippen LogP contribution >= 0.6 is 11.6 Å². The molecule has 0 heterocycles. The zero-order chi connectivity index (χ0) is 22.5. The second-order valence-corrected chi connectivity index (χ2v) is 10.0. The predicted molar refractivity (Wildman–Crippen MR) is 121 cm³/mol. The topological polar surface area (TPSA) is 78.5 Å². The Labute approximate surface area is 184 Å². The molecule has 6 nitrogen and oxygen atoms in total. The van der Waals surface area contributed by atoms with Gasteiger partial charge in [0, 0.05) is 11.6 Å². The maximum atomic E-state index is 12.9. The van der Waals surface area contributed by atoms with Crippen molar-refractivity contribution >= 4 is 27.5 Å². The van der Waals surface area contributed by atoms with Gasteiger partial charge in [-0.2, -0.15) is 4.72 Å². The van der Waals surface area contributed by atoms with E-state index in [9.17, 15) is 13.2 Å². The number of hydrogen-bond acceptors (Lipinski definition) is 4. The highest BCUT2D eigenvalue weighted by molar-refractivity contribution is 7.89. The lowest BCUT2D eigenvalue weighted by molar-refractivity contribution is -0.123. The van der Waals surface area contributed by atoms with Crippen LogP contribution in [0.4, 0.5) is 0 Å². The summed E-state index contributed by atoms with van der Waals surface area (Å²) in [4.78, 5) is 15.0. The summed E-state index contributed by atoms with van der Waals surface area (Å²) in [5.41, 5.74) is 1.85. The summed E-state index contributed by atoms with van der Waals surface area (Å²) in [5, 5.41) is 3.50. The number of hydrogen-bond donors (Lipinski definition) is 2. The van der Waals surface area contributed by atoms with E-state index in [1.54, 1.807) is 26.0 Å². The van der Waals surface area contributed by atoms with Crippen LogP contribution in [0.15, 0.2) is 53.4 Å². The van der Waals surface area contributed by atoms with Crippen LogP contribution in [0.1, 0.15) is 31.0 Å². The van der Waals surface area contributed by atoms with Gasteiger partial charge in [0.05, 0.1) is 10.9 Å². The predicted octanol–water partition coefficient (Wildman–Crippen LogP) is 3.37. The minimum Gasteiger partial charge on any atom is -0.353 e. The van der Waals surface area contributed by atoms with E-state index in [0.29, 0.717) is 11.6 Å². The lowest BCUT2D eigenvalue weighted by Crippen LogP contribution is -2.50. The Morgan fingerprint density at radius 3 is 2.20 bits per heavy atom. The third-order valence-electron chi connectivity index (χ3n) is 4.92. The van der Waals surface area contributed by atoms with Crippen LogP contribution in [0.3, 0.4) is 0 Å². The highest BCUT2D eigenvalue weighted by Gasteiger charge is 2.29. The largest absolute Gasteiger partial charge is 0.353 e. The second-order valence-electron chi connectivity index (χ2n) is 7.90. The first-order valence-corrected chi connectivity index (χ1v) is 11.7. The van der Waals surface area contributed by atoms with E-state index in [1.807, 2.05) is 50.2 Å². The summed E-state index contributed by atoms with van der Waals surface area (Å²) in [7, 11) is -0.0165.